The van der Waals surface area contributed by atoms with E-state index in [4.69, 9.17) is 0 Å². The zero-order valence-corrected chi connectivity index (χ0v) is 6.12. The topological polar surface area (TPSA) is 0 Å². The molecule has 1 aliphatic carbocycles. The SMILES string of the molecule is CC1=CC=C(F)C(C)(F)C1. The Labute approximate surface area is 59.2 Å². The van der Waals surface area contributed by atoms with Gasteiger partial charge in [-0.25, -0.2) is 8.78 Å². The molecule has 1 aliphatic rings. The summed E-state index contributed by atoms with van der Waals surface area (Å²) in [6.45, 7) is 3.05. The van der Waals surface area contributed by atoms with Crippen LogP contribution in [0.1, 0.15) is 20.3 Å². The normalized spacial score (nSPS) is 33.2. The molecule has 0 saturated heterocycles. The maximum Gasteiger partial charge on any atom is 0.162 e. The van der Waals surface area contributed by atoms with Gasteiger partial charge >= 0.3 is 0 Å². The molecule has 1 rings (SSSR count). The molecule has 10 heavy (non-hydrogen) atoms. The average Bonchev–Trinajstić information content (AvgIpc) is 1.78. The highest BCUT2D eigenvalue weighted by molar-refractivity contribution is 5.27. The minimum Gasteiger partial charge on any atom is -0.236 e. The predicted octanol–water partition coefficient (Wildman–Crippen LogP) is 2.92. The number of alkyl halides is 1. The molecule has 0 fully saturated rings. The molecule has 0 aromatic heterocycles. The summed E-state index contributed by atoms with van der Waals surface area (Å²) in [5.41, 5.74) is -0.884. The molecule has 2 heteroatoms. The van der Waals surface area contributed by atoms with Gasteiger partial charge < -0.3 is 0 Å². The Morgan fingerprint density at radius 3 is 2.50 bits per heavy atom. The van der Waals surface area contributed by atoms with Crippen molar-refractivity contribution >= 4 is 0 Å². The zero-order valence-electron chi connectivity index (χ0n) is 6.12. The van der Waals surface area contributed by atoms with Gasteiger partial charge in [-0.15, -0.1) is 0 Å². The van der Waals surface area contributed by atoms with E-state index in [9.17, 15) is 8.78 Å². The van der Waals surface area contributed by atoms with E-state index in [1.54, 1.807) is 13.0 Å². The van der Waals surface area contributed by atoms with Crippen LogP contribution in [0.3, 0.4) is 0 Å². The molecule has 0 N–H and O–H groups in total. The lowest BCUT2D eigenvalue weighted by atomic mass is 9.93. The molecule has 0 nitrogen and oxygen atoms in total. The van der Waals surface area contributed by atoms with Gasteiger partial charge in [0.15, 0.2) is 5.67 Å². The van der Waals surface area contributed by atoms with Crippen LogP contribution in [0.5, 0.6) is 0 Å². The number of halogens is 2. The standard InChI is InChI=1S/C8H10F2/c1-6-3-4-7(9)8(2,10)5-6/h3-4H,5H2,1-2H3. The van der Waals surface area contributed by atoms with Crippen LogP contribution in [-0.4, -0.2) is 5.67 Å². The van der Waals surface area contributed by atoms with E-state index in [1.165, 1.54) is 13.0 Å². The quantitative estimate of drug-likeness (QED) is 0.490. The van der Waals surface area contributed by atoms with Crippen molar-refractivity contribution in [3.63, 3.8) is 0 Å². The molecule has 0 amide bonds. The van der Waals surface area contributed by atoms with Gasteiger partial charge in [0, 0.05) is 6.42 Å². The van der Waals surface area contributed by atoms with Gasteiger partial charge in [0.05, 0.1) is 0 Å². The summed E-state index contributed by atoms with van der Waals surface area (Å²) >= 11 is 0. The third-order valence-corrected chi connectivity index (χ3v) is 1.62. The first-order valence-corrected chi connectivity index (χ1v) is 3.25. The van der Waals surface area contributed by atoms with Crippen LogP contribution in [0, 0.1) is 0 Å². The third-order valence-electron chi connectivity index (χ3n) is 1.62. The van der Waals surface area contributed by atoms with E-state index in [2.05, 4.69) is 0 Å². The molecular formula is C8H10F2. The van der Waals surface area contributed by atoms with Gasteiger partial charge in [-0.3, -0.25) is 0 Å². The molecule has 0 spiro atoms. The van der Waals surface area contributed by atoms with Gasteiger partial charge in [0.25, 0.3) is 0 Å². The van der Waals surface area contributed by atoms with Crippen molar-refractivity contribution in [1.29, 1.82) is 0 Å². The summed E-state index contributed by atoms with van der Waals surface area (Å²) in [5, 5.41) is 0. The molecule has 0 saturated carbocycles. The van der Waals surface area contributed by atoms with E-state index >= 15 is 0 Å². The molecule has 0 aromatic rings. The predicted molar refractivity (Wildman–Crippen MR) is 37.1 cm³/mol. The van der Waals surface area contributed by atoms with Gasteiger partial charge in [-0.2, -0.15) is 0 Å². The van der Waals surface area contributed by atoms with E-state index in [0.29, 0.717) is 0 Å². The lowest BCUT2D eigenvalue weighted by molar-refractivity contribution is 0.195. The molecule has 1 unspecified atom stereocenters. The van der Waals surface area contributed by atoms with Crippen molar-refractivity contribution in [2.45, 2.75) is 25.9 Å². The van der Waals surface area contributed by atoms with E-state index in [1.807, 2.05) is 0 Å². The Hall–Kier alpha value is -0.660. The first-order chi connectivity index (χ1) is 4.52. The monoisotopic (exact) mass is 144 g/mol. The lowest BCUT2D eigenvalue weighted by Gasteiger charge is -2.21. The lowest BCUT2D eigenvalue weighted by Crippen LogP contribution is -2.21. The van der Waals surface area contributed by atoms with Gasteiger partial charge in [0.2, 0.25) is 0 Å². The second-order valence-corrected chi connectivity index (χ2v) is 2.90. The summed E-state index contributed by atoms with van der Waals surface area (Å²) in [5.74, 6) is -0.668. The fourth-order valence-electron chi connectivity index (χ4n) is 1.06. The van der Waals surface area contributed by atoms with Crippen molar-refractivity contribution in [1.82, 2.24) is 0 Å². The van der Waals surface area contributed by atoms with Crippen molar-refractivity contribution in [3.8, 4) is 0 Å². The Bertz CT molecular complexity index is 199. The minimum absolute atomic E-state index is 0.176. The molecular weight excluding hydrogens is 134 g/mol. The summed E-state index contributed by atoms with van der Waals surface area (Å²) < 4.78 is 25.6. The third kappa shape index (κ3) is 1.25. The van der Waals surface area contributed by atoms with Crippen molar-refractivity contribution in [2.75, 3.05) is 0 Å². The summed E-state index contributed by atoms with van der Waals surface area (Å²) in [7, 11) is 0. The first-order valence-electron chi connectivity index (χ1n) is 3.25. The Morgan fingerprint density at radius 1 is 1.50 bits per heavy atom. The van der Waals surface area contributed by atoms with Gasteiger partial charge in [0.1, 0.15) is 5.83 Å². The molecule has 0 radical (unpaired) electrons. The largest absolute Gasteiger partial charge is 0.236 e. The van der Waals surface area contributed by atoms with E-state index < -0.39 is 11.5 Å². The van der Waals surface area contributed by atoms with Gasteiger partial charge in [-0.1, -0.05) is 11.6 Å². The van der Waals surface area contributed by atoms with Crippen molar-refractivity contribution in [3.05, 3.63) is 23.6 Å². The highest BCUT2D eigenvalue weighted by atomic mass is 19.2. The van der Waals surface area contributed by atoms with Crippen LogP contribution in [0.2, 0.25) is 0 Å². The molecule has 0 aliphatic heterocycles. The van der Waals surface area contributed by atoms with Crippen molar-refractivity contribution in [2.24, 2.45) is 0 Å². The van der Waals surface area contributed by atoms with Crippen LogP contribution in [-0.2, 0) is 0 Å². The number of hydrogen-bond donors (Lipinski definition) is 0. The Morgan fingerprint density at radius 2 is 2.10 bits per heavy atom. The van der Waals surface area contributed by atoms with Crippen LogP contribution in [0.15, 0.2) is 23.6 Å². The molecule has 0 heterocycles. The van der Waals surface area contributed by atoms with E-state index in [0.717, 1.165) is 5.57 Å². The van der Waals surface area contributed by atoms with E-state index in [-0.39, 0.29) is 6.42 Å². The maximum atomic E-state index is 13.0. The highest BCUT2D eigenvalue weighted by Crippen LogP contribution is 2.33. The minimum atomic E-state index is -1.77. The summed E-state index contributed by atoms with van der Waals surface area (Å²) in [6.07, 6.45) is 2.98. The highest BCUT2D eigenvalue weighted by Gasteiger charge is 2.30. The van der Waals surface area contributed by atoms with Crippen LogP contribution >= 0.6 is 0 Å². The first kappa shape index (κ1) is 7.45. The molecule has 1 atom stereocenters. The number of rotatable bonds is 0. The fourth-order valence-corrected chi connectivity index (χ4v) is 1.06. The zero-order chi connectivity index (χ0) is 7.78. The van der Waals surface area contributed by atoms with Crippen LogP contribution in [0.4, 0.5) is 8.78 Å². The van der Waals surface area contributed by atoms with Crippen LogP contribution in [0.25, 0.3) is 0 Å². The molecule has 56 valence electrons. The fraction of sp³-hybridized carbons (Fsp3) is 0.500. The molecule has 0 aromatic carbocycles. The summed E-state index contributed by atoms with van der Waals surface area (Å²) in [4.78, 5) is 0. The number of allylic oxidation sites excluding steroid dienone is 4. The second-order valence-electron chi connectivity index (χ2n) is 2.90. The smallest absolute Gasteiger partial charge is 0.162 e. The van der Waals surface area contributed by atoms with Crippen molar-refractivity contribution < 1.29 is 8.78 Å². The Kier molecular flexibility index (Phi) is 1.63. The maximum absolute atomic E-state index is 13.0. The summed E-state index contributed by atoms with van der Waals surface area (Å²) in [6, 6.07) is 0. The second kappa shape index (κ2) is 2.19. The van der Waals surface area contributed by atoms with Crippen LogP contribution < -0.4 is 0 Å². The Balaban J connectivity index is 2.89. The number of hydrogen-bond acceptors (Lipinski definition) is 0. The molecule has 0 bridgehead atoms. The average molecular weight is 144 g/mol. The van der Waals surface area contributed by atoms with Gasteiger partial charge in [-0.05, 0) is 19.9 Å².